The van der Waals surface area contributed by atoms with Gasteiger partial charge >= 0.3 is 0 Å². The highest BCUT2D eigenvalue weighted by Gasteiger charge is 2.22. The summed E-state index contributed by atoms with van der Waals surface area (Å²) in [5, 5.41) is 11.3. The molecule has 1 aliphatic rings. The Labute approximate surface area is 221 Å². The summed E-state index contributed by atoms with van der Waals surface area (Å²) in [5.41, 5.74) is 9.46. The van der Waals surface area contributed by atoms with Crippen LogP contribution < -0.4 is 11.1 Å². The van der Waals surface area contributed by atoms with Crippen LogP contribution in [-0.2, 0) is 21.1 Å². The Morgan fingerprint density at radius 2 is 1.76 bits per heavy atom. The molecule has 38 heavy (non-hydrogen) atoms. The van der Waals surface area contributed by atoms with E-state index in [1.165, 1.54) is 6.20 Å². The summed E-state index contributed by atoms with van der Waals surface area (Å²) in [6.45, 7) is 5.88. The van der Waals surface area contributed by atoms with E-state index < -0.39 is 15.1 Å². The van der Waals surface area contributed by atoms with Crippen LogP contribution in [0.4, 0.5) is 5.82 Å². The minimum atomic E-state index is -3.38. The van der Waals surface area contributed by atoms with Gasteiger partial charge in [0.25, 0.3) is 5.89 Å². The second-order valence-electron chi connectivity index (χ2n) is 9.33. The molecule has 2 atom stereocenters. The molecule has 3 N–H and O–H groups in total. The van der Waals surface area contributed by atoms with Crippen LogP contribution in [0.5, 0.6) is 0 Å². The second kappa shape index (κ2) is 11.0. The predicted octanol–water partition coefficient (Wildman–Crippen LogP) is 3.89. The van der Waals surface area contributed by atoms with Crippen LogP contribution >= 0.6 is 0 Å². The van der Waals surface area contributed by atoms with Gasteiger partial charge in [0.15, 0.2) is 21.3 Å². The molecule has 1 aliphatic heterocycles. The smallest absolute Gasteiger partial charge is 0.270 e. The van der Waals surface area contributed by atoms with Gasteiger partial charge in [-0.15, -0.1) is 10.2 Å². The summed E-state index contributed by atoms with van der Waals surface area (Å²) < 4.78 is 36.6. The van der Waals surface area contributed by atoms with Crippen molar-refractivity contribution in [3.05, 3.63) is 60.3 Å². The van der Waals surface area contributed by atoms with Crippen molar-refractivity contribution in [2.75, 3.05) is 18.9 Å². The lowest BCUT2D eigenvalue weighted by molar-refractivity contribution is 0.190. The van der Waals surface area contributed by atoms with E-state index in [0.717, 1.165) is 37.3 Å². The first-order chi connectivity index (χ1) is 18.3. The molecule has 0 bridgehead atoms. The van der Waals surface area contributed by atoms with E-state index in [2.05, 4.69) is 25.5 Å². The Morgan fingerprint density at radius 3 is 2.45 bits per heavy atom. The van der Waals surface area contributed by atoms with E-state index in [1.807, 2.05) is 31.2 Å². The number of ether oxygens (including phenoxy) is 1. The van der Waals surface area contributed by atoms with Gasteiger partial charge < -0.3 is 20.2 Å². The van der Waals surface area contributed by atoms with Crippen LogP contribution in [0.3, 0.4) is 0 Å². The van der Waals surface area contributed by atoms with Gasteiger partial charge in [-0.3, -0.25) is 0 Å². The number of hydrogen-bond donors (Lipinski definition) is 2. The number of nitrogens with one attached hydrogen (secondary N) is 1. The first kappa shape index (κ1) is 26.0. The normalized spacial score (nSPS) is 16.5. The Morgan fingerprint density at radius 1 is 1.05 bits per heavy atom. The number of hydrogen-bond acceptors (Lipinski definition) is 10. The molecule has 3 heterocycles. The van der Waals surface area contributed by atoms with Gasteiger partial charge in [-0.05, 0) is 49.6 Å². The molecule has 2 unspecified atom stereocenters. The monoisotopic (exact) mass is 534 g/mol. The standard InChI is InChI=1S/C27H30N6O4S/c1-3-17(2)38(34,35)22-10-8-19(9-11-22)23-15-30-25(28)24(31-23)27-33-32-26(37-27)20-6-4-18(5-7-20)14-29-21-12-13-36-16-21/h4-11,15,17,21,29H,3,12-14,16H2,1-2H3,(H2,28,30). The minimum absolute atomic E-state index is 0.148. The molecule has 0 radical (unpaired) electrons. The molecule has 2 aromatic heterocycles. The molecule has 0 spiro atoms. The van der Waals surface area contributed by atoms with E-state index >= 15 is 0 Å². The minimum Gasteiger partial charge on any atom is -0.414 e. The van der Waals surface area contributed by atoms with Crippen LogP contribution in [0.15, 0.2) is 64.0 Å². The molecule has 10 nitrogen and oxygen atoms in total. The number of nitrogens with zero attached hydrogens (tertiary/aromatic N) is 4. The van der Waals surface area contributed by atoms with Gasteiger partial charge in [-0.25, -0.2) is 18.4 Å². The maximum atomic E-state index is 12.6. The lowest BCUT2D eigenvalue weighted by Crippen LogP contribution is -2.28. The zero-order valence-electron chi connectivity index (χ0n) is 21.3. The van der Waals surface area contributed by atoms with Crippen molar-refractivity contribution in [1.29, 1.82) is 0 Å². The number of rotatable bonds is 9. The fraction of sp³-hybridized carbons (Fsp3) is 0.333. The van der Waals surface area contributed by atoms with Crippen LogP contribution in [0.1, 0.15) is 32.3 Å². The van der Waals surface area contributed by atoms with E-state index in [1.54, 1.807) is 31.2 Å². The summed E-state index contributed by atoms with van der Waals surface area (Å²) in [6.07, 6.45) is 3.10. The number of nitrogen functional groups attached to an aromatic ring is 1. The van der Waals surface area contributed by atoms with E-state index in [9.17, 15) is 8.42 Å². The third kappa shape index (κ3) is 5.45. The summed E-state index contributed by atoms with van der Waals surface area (Å²) >= 11 is 0. The summed E-state index contributed by atoms with van der Waals surface area (Å²) in [7, 11) is -3.38. The van der Waals surface area contributed by atoms with Gasteiger partial charge in [0.1, 0.15) is 0 Å². The maximum absolute atomic E-state index is 12.6. The zero-order chi connectivity index (χ0) is 26.7. The van der Waals surface area contributed by atoms with Crippen molar-refractivity contribution >= 4 is 15.7 Å². The molecule has 11 heteroatoms. The van der Waals surface area contributed by atoms with Crippen LogP contribution in [0, 0.1) is 0 Å². The average Bonchev–Trinajstić information content (AvgIpc) is 3.65. The lowest BCUT2D eigenvalue weighted by atomic mass is 10.1. The fourth-order valence-corrected chi connectivity index (χ4v) is 5.54. The summed E-state index contributed by atoms with van der Waals surface area (Å²) in [4.78, 5) is 9.11. The van der Waals surface area contributed by atoms with Crippen molar-refractivity contribution in [1.82, 2.24) is 25.5 Å². The van der Waals surface area contributed by atoms with Crippen molar-refractivity contribution in [2.24, 2.45) is 0 Å². The molecule has 1 fully saturated rings. The van der Waals surface area contributed by atoms with Crippen molar-refractivity contribution in [3.63, 3.8) is 0 Å². The van der Waals surface area contributed by atoms with Gasteiger partial charge in [0, 0.05) is 30.3 Å². The highest BCUT2D eigenvalue weighted by atomic mass is 32.2. The first-order valence-electron chi connectivity index (χ1n) is 12.6. The van der Waals surface area contributed by atoms with Crippen LogP contribution in [0.2, 0.25) is 0 Å². The second-order valence-corrected chi connectivity index (χ2v) is 11.7. The maximum Gasteiger partial charge on any atom is 0.270 e. The molecular weight excluding hydrogens is 504 g/mol. The quantitative estimate of drug-likeness (QED) is 0.324. The van der Waals surface area contributed by atoms with Crippen LogP contribution in [0.25, 0.3) is 34.3 Å². The Hall–Kier alpha value is -3.67. The summed E-state index contributed by atoms with van der Waals surface area (Å²) in [5.74, 6) is 0.641. The lowest BCUT2D eigenvalue weighted by Gasteiger charge is -2.11. The molecular formula is C27H30N6O4S. The molecule has 0 aliphatic carbocycles. The SMILES string of the molecule is CCC(C)S(=O)(=O)c1ccc(-c2cnc(N)c(-c3nnc(-c4ccc(CNC5CCOC5)cc4)o3)n2)cc1. The third-order valence-corrected chi connectivity index (χ3v) is 9.06. The zero-order valence-corrected chi connectivity index (χ0v) is 22.1. The van der Waals surface area contributed by atoms with E-state index in [0.29, 0.717) is 29.6 Å². The molecule has 0 saturated carbocycles. The number of aromatic nitrogens is 4. The molecule has 1 saturated heterocycles. The van der Waals surface area contributed by atoms with E-state index in [-0.39, 0.29) is 22.3 Å². The Kier molecular flexibility index (Phi) is 7.50. The summed E-state index contributed by atoms with van der Waals surface area (Å²) in [6, 6.07) is 14.9. The molecule has 2 aromatic carbocycles. The molecule has 5 rings (SSSR count). The molecule has 198 valence electrons. The van der Waals surface area contributed by atoms with Gasteiger partial charge in [-0.1, -0.05) is 31.2 Å². The van der Waals surface area contributed by atoms with Crippen LogP contribution in [-0.4, -0.2) is 53.1 Å². The largest absolute Gasteiger partial charge is 0.414 e. The Bertz CT molecular complexity index is 1500. The molecule has 0 amide bonds. The van der Waals surface area contributed by atoms with Gasteiger partial charge in [0.2, 0.25) is 5.89 Å². The Balaban J connectivity index is 1.33. The van der Waals surface area contributed by atoms with Gasteiger partial charge in [-0.2, -0.15) is 0 Å². The van der Waals surface area contributed by atoms with Crippen molar-refractivity contribution in [2.45, 2.75) is 49.4 Å². The van der Waals surface area contributed by atoms with Crippen molar-refractivity contribution in [3.8, 4) is 34.3 Å². The van der Waals surface area contributed by atoms with E-state index in [4.69, 9.17) is 14.9 Å². The third-order valence-electron chi connectivity index (χ3n) is 6.74. The molecule has 4 aromatic rings. The topological polar surface area (TPSA) is 146 Å². The number of anilines is 1. The highest BCUT2D eigenvalue weighted by molar-refractivity contribution is 7.92. The number of nitrogens with two attached hydrogens (primary N) is 1. The number of benzene rings is 2. The fourth-order valence-electron chi connectivity index (χ4n) is 4.12. The predicted molar refractivity (Wildman–Crippen MR) is 144 cm³/mol. The van der Waals surface area contributed by atoms with Gasteiger partial charge in [0.05, 0.1) is 28.6 Å². The highest BCUT2D eigenvalue weighted by Crippen LogP contribution is 2.29. The van der Waals surface area contributed by atoms with Crippen molar-refractivity contribution < 1.29 is 17.6 Å². The average molecular weight is 535 g/mol. The first-order valence-corrected chi connectivity index (χ1v) is 14.1. The number of sulfone groups is 1.